The molecule has 1 amide bonds. The van der Waals surface area contributed by atoms with Crippen LogP contribution >= 0.6 is 11.8 Å². The average Bonchev–Trinajstić information content (AvgIpc) is 2.95. The van der Waals surface area contributed by atoms with E-state index in [-0.39, 0.29) is 5.91 Å². The molecule has 1 heterocycles. The Kier molecular flexibility index (Phi) is 3.89. The van der Waals surface area contributed by atoms with Gasteiger partial charge in [0.15, 0.2) is 5.58 Å². The van der Waals surface area contributed by atoms with Crippen molar-refractivity contribution in [1.82, 2.24) is 10.4 Å². The Morgan fingerprint density at radius 2 is 1.86 bits per heavy atom. The number of thioether (sulfide) groups is 1. The van der Waals surface area contributed by atoms with Crippen LogP contribution < -0.4 is 11.3 Å². The molecule has 0 bridgehead atoms. The van der Waals surface area contributed by atoms with Gasteiger partial charge in [0.2, 0.25) is 0 Å². The van der Waals surface area contributed by atoms with Crippen molar-refractivity contribution >= 4 is 28.8 Å². The van der Waals surface area contributed by atoms with E-state index in [2.05, 4.69) is 10.4 Å². The Hall–Kier alpha value is -2.31. The van der Waals surface area contributed by atoms with Gasteiger partial charge in [0.1, 0.15) is 10.8 Å². The summed E-state index contributed by atoms with van der Waals surface area (Å²) in [6.07, 6.45) is 0. The van der Waals surface area contributed by atoms with Crippen molar-refractivity contribution in [3.05, 3.63) is 60.2 Å². The van der Waals surface area contributed by atoms with Crippen LogP contribution in [0.1, 0.15) is 10.8 Å². The van der Waals surface area contributed by atoms with Crippen molar-refractivity contribution in [3.8, 4) is 0 Å². The molecule has 5 nitrogen and oxygen atoms in total. The summed E-state index contributed by atoms with van der Waals surface area (Å²) in [6, 6.07) is 16.9. The lowest BCUT2D eigenvalue weighted by molar-refractivity contribution is -0.120. The van der Waals surface area contributed by atoms with E-state index in [0.717, 1.165) is 11.1 Å². The molecule has 0 fully saturated rings. The number of amides is 1. The van der Waals surface area contributed by atoms with E-state index in [1.165, 1.54) is 11.8 Å². The van der Waals surface area contributed by atoms with Crippen molar-refractivity contribution in [3.63, 3.8) is 0 Å². The van der Waals surface area contributed by atoms with Crippen LogP contribution in [-0.4, -0.2) is 10.9 Å². The summed E-state index contributed by atoms with van der Waals surface area (Å²) >= 11 is 1.23. The van der Waals surface area contributed by atoms with Crippen molar-refractivity contribution in [2.45, 2.75) is 10.5 Å². The highest BCUT2D eigenvalue weighted by molar-refractivity contribution is 8.00. The lowest BCUT2D eigenvalue weighted by Crippen LogP contribution is -2.33. The molecule has 3 aromatic rings. The Bertz CT molecular complexity index is 725. The van der Waals surface area contributed by atoms with Gasteiger partial charge < -0.3 is 4.42 Å². The van der Waals surface area contributed by atoms with Crippen molar-refractivity contribution in [2.75, 3.05) is 0 Å². The smallest absolute Gasteiger partial charge is 0.257 e. The molecule has 0 radical (unpaired) electrons. The zero-order chi connectivity index (χ0) is 14.7. The molecule has 2 aromatic carbocycles. The number of carbonyl (C=O) groups is 1. The lowest BCUT2D eigenvalue weighted by atomic mass is 10.1. The molecule has 3 N–H and O–H groups in total. The van der Waals surface area contributed by atoms with Crippen LogP contribution in [0.25, 0.3) is 11.1 Å². The van der Waals surface area contributed by atoms with Gasteiger partial charge in [0.05, 0.1) is 0 Å². The fraction of sp³-hybridized carbons (Fsp3) is 0.0667. The largest absolute Gasteiger partial charge is 0.431 e. The van der Waals surface area contributed by atoms with Gasteiger partial charge in [0, 0.05) is 0 Å². The fourth-order valence-electron chi connectivity index (χ4n) is 1.98. The van der Waals surface area contributed by atoms with Crippen LogP contribution in [0.4, 0.5) is 0 Å². The minimum atomic E-state index is -0.510. The first kappa shape index (κ1) is 13.7. The van der Waals surface area contributed by atoms with Gasteiger partial charge in [-0.15, -0.1) is 0 Å². The van der Waals surface area contributed by atoms with E-state index in [0.29, 0.717) is 10.8 Å². The number of oxazole rings is 1. The molecule has 6 heteroatoms. The number of carbonyl (C=O) groups excluding carboxylic acids is 1. The Morgan fingerprint density at radius 1 is 1.14 bits per heavy atom. The second-order valence-corrected chi connectivity index (χ2v) is 5.42. The number of hydrogen-bond acceptors (Lipinski definition) is 5. The summed E-state index contributed by atoms with van der Waals surface area (Å²) in [5.74, 6) is 4.98. The van der Waals surface area contributed by atoms with Gasteiger partial charge in [-0.25, -0.2) is 10.8 Å². The van der Waals surface area contributed by atoms with Gasteiger partial charge in [-0.2, -0.15) is 0 Å². The first-order valence-electron chi connectivity index (χ1n) is 6.35. The molecule has 1 atom stereocenters. The third-order valence-electron chi connectivity index (χ3n) is 2.98. The highest BCUT2D eigenvalue weighted by Gasteiger charge is 2.23. The molecule has 1 aromatic heterocycles. The minimum absolute atomic E-state index is 0.298. The molecule has 0 saturated heterocycles. The first-order chi connectivity index (χ1) is 10.3. The number of nitrogens with zero attached hydrogens (tertiary/aromatic N) is 1. The highest BCUT2D eigenvalue weighted by Crippen LogP contribution is 2.36. The van der Waals surface area contributed by atoms with E-state index >= 15 is 0 Å². The van der Waals surface area contributed by atoms with Gasteiger partial charge >= 0.3 is 0 Å². The number of rotatable bonds is 4. The Labute approximate surface area is 125 Å². The van der Waals surface area contributed by atoms with Crippen LogP contribution in [0.15, 0.2) is 64.2 Å². The molecular weight excluding hydrogens is 286 g/mol. The number of hydrazine groups is 1. The summed E-state index contributed by atoms with van der Waals surface area (Å²) in [5, 5.41) is -0.0714. The molecule has 0 aliphatic heterocycles. The number of fused-ring (bicyclic) bond motifs is 1. The standard InChI is InChI=1S/C15H13N3O2S/c16-18-14(19)13(10-6-2-1-3-7-10)21-15-17-11-8-4-5-9-12(11)20-15/h1-9,13H,16H2,(H,18,19). The van der Waals surface area contributed by atoms with Crippen molar-refractivity contribution < 1.29 is 9.21 Å². The van der Waals surface area contributed by atoms with Gasteiger partial charge in [-0.05, 0) is 29.5 Å². The summed E-state index contributed by atoms with van der Waals surface area (Å²) in [7, 11) is 0. The quantitative estimate of drug-likeness (QED) is 0.335. The van der Waals surface area contributed by atoms with Crippen LogP contribution in [0.3, 0.4) is 0 Å². The van der Waals surface area contributed by atoms with Crippen LogP contribution in [0, 0.1) is 0 Å². The lowest BCUT2D eigenvalue weighted by Gasteiger charge is -2.12. The van der Waals surface area contributed by atoms with E-state index in [9.17, 15) is 4.79 Å². The molecule has 21 heavy (non-hydrogen) atoms. The number of para-hydroxylation sites is 2. The third-order valence-corrected chi connectivity index (χ3v) is 4.07. The number of nitrogens with one attached hydrogen (secondary N) is 1. The monoisotopic (exact) mass is 299 g/mol. The average molecular weight is 299 g/mol. The topological polar surface area (TPSA) is 81.1 Å². The van der Waals surface area contributed by atoms with Gasteiger partial charge in [0.25, 0.3) is 11.1 Å². The SMILES string of the molecule is NNC(=O)C(Sc1nc2ccccc2o1)c1ccccc1. The molecule has 0 spiro atoms. The number of benzene rings is 2. The van der Waals surface area contributed by atoms with E-state index in [1.807, 2.05) is 54.6 Å². The molecule has 3 rings (SSSR count). The third kappa shape index (κ3) is 2.91. The van der Waals surface area contributed by atoms with E-state index in [4.69, 9.17) is 10.3 Å². The summed E-state index contributed by atoms with van der Waals surface area (Å²) in [4.78, 5) is 16.4. The normalized spacial score (nSPS) is 12.2. The zero-order valence-corrected chi connectivity index (χ0v) is 11.8. The maximum Gasteiger partial charge on any atom is 0.257 e. The van der Waals surface area contributed by atoms with E-state index < -0.39 is 5.25 Å². The van der Waals surface area contributed by atoms with Gasteiger partial charge in [-0.3, -0.25) is 10.2 Å². The first-order valence-corrected chi connectivity index (χ1v) is 7.23. The Morgan fingerprint density at radius 3 is 2.57 bits per heavy atom. The van der Waals surface area contributed by atoms with E-state index in [1.54, 1.807) is 0 Å². The summed E-state index contributed by atoms with van der Waals surface area (Å²) < 4.78 is 5.65. The number of hydrogen-bond donors (Lipinski definition) is 2. The number of nitrogens with two attached hydrogens (primary N) is 1. The summed E-state index contributed by atoms with van der Waals surface area (Å²) in [5.41, 5.74) is 4.49. The van der Waals surface area contributed by atoms with Crippen molar-refractivity contribution in [1.29, 1.82) is 0 Å². The van der Waals surface area contributed by atoms with Crippen LogP contribution in [-0.2, 0) is 4.79 Å². The second kappa shape index (κ2) is 5.99. The second-order valence-electron chi connectivity index (χ2n) is 4.36. The molecule has 106 valence electrons. The van der Waals surface area contributed by atoms with Gasteiger partial charge in [-0.1, -0.05) is 42.5 Å². The van der Waals surface area contributed by atoms with Crippen molar-refractivity contribution in [2.24, 2.45) is 5.84 Å². The molecular formula is C15H13N3O2S. The highest BCUT2D eigenvalue weighted by atomic mass is 32.2. The number of aromatic nitrogens is 1. The zero-order valence-electron chi connectivity index (χ0n) is 11.0. The maximum atomic E-state index is 12.0. The van der Waals surface area contributed by atoms with Crippen LogP contribution in [0.5, 0.6) is 0 Å². The molecule has 0 aliphatic rings. The maximum absolute atomic E-state index is 12.0. The van der Waals surface area contributed by atoms with Crippen LogP contribution in [0.2, 0.25) is 0 Å². The summed E-state index contributed by atoms with van der Waals surface area (Å²) in [6.45, 7) is 0. The molecule has 1 unspecified atom stereocenters. The predicted molar refractivity (Wildman–Crippen MR) is 81.4 cm³/mol. The minimum Gasteiger partial charge on any atom is -0.431 e. The fourth-order valence-corrected chi connectivity index (χ4v) is 2.94. The molecule has 0 aliphatic carbocycles. The Balaban J connectivity index is 1.92. The molecule has 0 saturated carbocycles. The predicted octanol–water partition coefficient (Wildman–Crippen LogP) is 2.65.